The summed E-state index contributed by atoms with van der Waals surface area (Å²) in [5, 5.41) is 0. The maximum Gasteiger partial charge on any atom is 0.267 e. The van der Waals surface area contributed by atoms with Crippen molar-refractivity contribution in [2.75, 3.05) is 12.4 Å². The van der Waals surface area contributed by atoms with Crippen LogP contribution in [0, 0.1) is 0 Å². The van der Waals surface area contributed by atoms with E-state index in [1.54, 1.807) is 6.92 Å². The Bertz CT molecular complexity index is 207. The molecule has 0 fully saturated rings. The van der Waals surface area contributed by atoms with Crippen molar-refractivity contribution < 1.29 is 17.7 Å². The molecule has 0 aliphatic rings. The van der Waals surface area contributed by atoms with E-state index in [1.807, 2.05) is 0 Å². The van der Waals surface area contributed by atoms with Gasteiger partial charge in [-0.3, -0.25) is 4.55 Å². The van der Waals surface area contributed by atoms with Crippen molar-refractivity contribution in [3.05, 3.63) is 12.7 Å². The summed E-state index contributed by atoms with van der Waals surface area (Å²) >= 11 is 0. The number of hydrogen-bond donors (Lipinski definition) is 1. The van der Waals surface area contributed by atoms with Gasteiger partial charge in [0.05, 0.1) is 12.7 Å². The van der Waals surface area contributed by atoms with Crippen molar-refractivity contribution in [2.45, 2.75) is 13.0 Å². The summed E-state index contributed by atoms with van der Waals surface area (Å²) in [6.45, 7) is 5.25. The van der Waals surface area contributed by atoms with Crippen molar-refractivity contribution in [3.8, 4) is 0 Å². The molecule has 1 unspecified atom stereocenters. The Balaban J connectivity index is 3.69. The molecule has 0 aliphatic heterocycles. The smallest absolute Gasteiger partial charge is 0.267 e. The van der Waals surface area contributed by atoms with Crippen LogP contribution in [-0.2, 0) is 14.9 Å². The minimum atomic E-state index is -3.91. The summed E-state index contributed by atoms with van der Waals surface area (Å²) < 4.78 is 33.8. The monoisotopic (exact) mass is 180 g/mol. The fourth-order valence-electron chi connectivity index (χ4n) is 0.577. The van der Waals surface area contributed by atoms with Crippen LogP contribution in [0.2, 0.25) is 0 Å². The lowest BCUT2D eigenvalue weighted by molar-refractivity contribution is 0.103. The minimum Gasteiger partial charge on any atom is -0.373 e. The number of ether oxygens (including phenoxy) is 1. The zero-order chi connectivity index (χ0) is 8.91. The molecule has 1 N–H and O–H groups in total. The van der Waals surface area contributed by atoms with E-state index in [4.69, 9.17) is 9.29 Å². The second kappa shape index (κ2) is 4.48. The normalized spacial score (nSPS) is 14.4. The van der Waals surface area contributed by atoms with Gasteiger partial charge in [0.1, 0.15) is 5.75 Å². The maximum absolute atomic E-state index is 10.3. The Morgan fingerprint density at radius 1 is 1.73 bits per heavy atom. The average molecular weight is 180 g/mol. The van der Waals surface area contributed by atoms with Crippen LogP contribution in [0.5, 0.6) is 0 Å². The molecular formula is C6H12O4S. The van der Waals surface area contributed by atoms with E-state index in [9.17, 15) is 8.42 Å². The van der Waals surface area contributed by atoms with Gasteiger partial charge in [-0.15, -0.1) is 6.58 Å². The highest BCUT2D eigenvalue weighted by molar-refractivity contribution is 7.85. The van der Waals surface area contributed by atoms with Crippen LogP contribution in [0.1, 0.15) is 6.92 Å². The van der Waals surface area contributed by atoms with Gasteiger partial charge < -0.3 is 4.74 Å². The topological polar surface area (TPSA) is 63.6 Å². The fraction of sp³-hybridized carbons (Fsp3) is 0.667. The maximum atomic E-state index is 10.3. The van der Waals surface area contributed by atoms with Crippen molar-refractivity contribution in [2.24, 2.45) is 0 Å². The molecule has 0 aliphatic carbocycles. The average Bonchev–Trinajstić information content (AvgIpc) is 1.79. The second-order valence-corrected chi connectivity index (χ2v) is 3.68. The van der Waals surface area contributed by atoms with Crippen LogP contribution >= 0.6 is 0 Å². The quantitative estimate of drug-likeness (QED) is 0.493. The number of rotatable bonds is 5. The molecule has 0 saturated carbocycles. The fourth-order valence-corrected chi connectivity index (χ4v) is 1.27. The van der Waals surface area contributed by atoms with E-state index >= 15 is 0 Å². The minimum absolute atomic E-state index is 0.288. The van der Waals surface area contributed by atoms with E-state index in [1.165, 1.54) is 6.08 Å². The summed E-state index contributed by atoms with van der Waals surface area (Å²) in [6, 6.07) is 0. The molecule has 4 nitrogen and oxygen atoms in total. The van der Waals surface area contributed by atoms with Crippen molar-refractivity contribution in [3.63, 3.8) is 0 Å². The highest BCUT2D eigenvalue weighted by Gasteiger charge is 2.11. The first-order chi connectivity index (χ1) is 4.95. The Morgan fingerprint density at radius 2 is 2.27 bits per heavy atom. The molecule has 66 valence electrons. The number of hydrogen-bond acceptors (Lipinski definition) is 3. The summed E-state index contributed by atoms with van der Waals surface area (Å²) in [5.74, 6) is -0.374. The third-order valence-electron chi connectivity index (χ3n) is 0.944. The van der Waals surface area contributed by atoms with Crippen LogP contribution in [0.3, 0.4) is 0 Å². The molecule has 11 heavy (non-hydrogen) atoms. The van der Waals surface area contributed by atoms with Gasteiger partial charge in [0.25, 0.3) is 10.1 Å². The molecule has 0 radical (unpaired) electrons. The van der Waals surface area contributed by atoms with Crippen LogP contribution in [0.25, 0.3) is 0 Å². The molecule has 0 rings (SSSR count). The molecule has 0 aromatic heterocycles. The lowest BCUT2D eigenvalue weighted by Gasteiger charge is -2.08. The van der Waals surface area contributed by atoms with Gasteiger partial charge in [0.2, 0.25) is 0 Å². The molecule has 1 atom stereocenters. The van der Waals surface area contributed by atoms with Gasteiger partial charge >= 0.3 is 0 Å². The highest BCUT2D eigenvalue weighted by Crippen LogP contribution is 1.95. The molecule has 0 heterocycles. The summed E-state index contributed by atoms with van der Waals surface area (Å²) in [5.41, 5.74) is 0. The Morgan fingerprint density at radius 3 is 2.64 bits per heavy atom. The highest BCUT2D eigenvalue weighted by atomic mass is 32.2. The first kappa shape index (κ1) is 10.6. The van der Waals surface area contributed by atoms with Gasteiger partial charge in [-0.1, -0.05) is 6.08 Å². The molecular weight excluding hydrogens is 168 g/mol. The van der Waals surface area contributed by atoms with Crippen LogP contribution < -0.4 is 0 Å². The lowest BCUT2D eigenvalue weighted by Crippen LogP contribution is -2.20. The second-order valence-electron chi connectivity index (χ2n) is 2.18. The van der Waals surface area contributed by atoms with Crippen LogP contribution in [-0.4, -0.2) is 31.4 Å². The standard InChI is InChI=1S/C6H12O4S/c1-3-4-10-6(2)5-11(7,8)9/h3,6H,1,4-5H2,2H3,(H,7,8,9). The molecule has 5 heteroatoms. The summed E-state index contributed by atoms with van der Waals surface area (Å²) in [7, 11) is -3.91. The Kier molecular flexibility index (Phi) is 4.32. The van der Waals surface area contributed by atoms with Crippen LogP contribution in [0.15, 0.2) is 12.7 Å². The molecule has 0 saturated heterocycles. The molecule has 0 amide bonds. The molecule has 0 aromatic rings. The van der Waals surface area contributed by atoms with Crippen molar-refractivity contribution >= 4 is 10.1 Å². The van der Waals surface area contributed by atoms with Gasteiger partial charge in [0.15, 0.2) is 0 Å². The molecule has 0 aromatic carbocycles. The van der Waals surface area contributed by atoms with Gasteiger partial charge in [-0.2, -0.15) is 8.42 Å². The summed E-state index contributed by atoms with van der Waals surface area (Å²) in [6.07, 6.45) is 1.02. The van der Waals surface area contributed by atoms with E-state index in [2.05, 4.69) is 6.58 Å². The van der Waals surface area contributed by atoms with Crippen molar-refractivity contribution in [1.82, 2.24) is 0 Å². The predicted molar refractivity (Wildman–Crippen MR) is 42.0 cm³/mol. The third kappa shape index (κ3) is 7.51. The largest absolute Gasteiger partial charge is 0.373 e. The Hall–Kier alpha value is -0.390. The van der Waals surface area contributed by atoms with Gasteiger partial charge in [-0.25, -0.2) is 0 Å². The molecule has 0 bridgehead atoms. The Labute approximate surface area is 66.6 Å². The van der Waals surface area contributed by atoms with Gasteiger partial charge in [-0.05, 0) is 6.92 Å². The van der Waals surface area contributed by atoms with Gasteiger partial charge in [0, 0.05) is 0 Å². The third-order valence-corrected chi connectivity index (χ3v) is 1.83. The first-order valence-corrected chi connectivity index (χ1v) is 4.74. The summed E-state index contributed by atoms with van der Waals surface area (Å²) in [4.78, 5) is 0. The zero-order valence-corrected chi connectivity index (χ0v) is 7.17. The van der Waals surface area contributed by atoms with E-state index in [-0.39, 0.29) is 12.4 Å². The lowest BCUT2D eigenvalue weighted by atomic mass is 10.5. The first-order valence-electron chi connectivity index (χ1n) is 3.13. The molecule has 0 spiro atoms. The van der Waals surface area contributed by atoms with E-state index < -0.39 is 16.2 Å². The van der Waals surface area contributed by atoms with Crippen LogP contribution in [0.4, 0.5) is 0 Å². The van der Waals surface area contributed by atoms with E-state index in [0.29, 0.717) is 0 Å². The SMILES string of the molecule is C=CCOC(C)CS(=O)(=O)O. The zero-order valence-electron chi connectivity index (χ0n) is 6.36. The van der Waals surface area contributed by atoms with Crippen molar-refractivity contribution in [1.29, 1.82) is 0 Å². The predicted octanol–water partition coefficient (Wildman–Crippen LogP) is 0.465. The van der Waals surface area contributed by atoms with E-state index in [0.717, 1.165) is 0 Å².